The van der Waals surface area contributed by atoms with E-state index in [4.69, 9.17) is 0 Å². The molecule has 1 heterocycles. The van der Waals surface area contributed by atoms with Gasteiger partial charge in [0.25, 0.3) is 0 Å². The summed E-state index contributed by atoms with van der Waals surface area (Å²) in [4.78, 5) is 12.5. The fraction of sp³-hybridized carbons (Fsp3) is 0.571. The molecule has 0 bridgehead atoms. The van der Waals surface area contributed by atoms with E-state index in [1.165, 1.54) is 77.0 Å². The van der Waals surface area contributed by atoms with Crippen LogP contribution in [0, 0.1) is 0 Å². The molecule has 0 saturated heterocycles. The highest BCUT2D eigenvalue weighted by atomic mass is 16.3. The van der Waals surface area contributed by atoms with Crippen LogP contribution >= 0.6 is 0 Å². The molecule has 0 aliphatic carbocycles. The van der Waals surface area contributed by atoms with E-state index < -0.39 is 0 Å². The third kappa shape index (κ3) is 10.6. The van der Waals surface area contributed by atoms with Crippen molar-refractivity contribution in [2.45, 2.75) is 103 Å². The molecule has 3 heteroatoms. The fourth-order valence-electron chi connectivity index (χ4n) is 4.11. The van der Waals surface area contributed by atoms with E-state index in [1.807, 2.05) is 41.2 Å². The number of pyridine rings is 1. The lowest BCUT2D eigenvalue weighted by atomic mass is 10.0. The SMILES string of the molecule is CCCCCCCCCCCCCCCc1ccc(C(=O)C[n+]2ccccc2)c(O)c1. The molecule has 0 atom stereocenters. The van der Waals surface area contributed by atoms with Crippen molar-refractivity contribution in [3.63, 3.8) is 0 Å². The Morgan fingerprint density at radius 3 is 1.87 bits per heavy atom. The second-order valence-corrected chi connectivity index (χ2v) is 8.82. The molecule has 3 nitrogen and oxygen atoms in total. The normalized spacial score (nSPS) is 11.0. The molecular weight excluding hydrogens is 382 g/mol. The zero-order chi connectivity index (χ0) is 22.2. The van der Waals surface area contributed by atoms with E-state index >= 15 is 0 Å². The second kappa shape index (κ2) is 15.6. The van der Waals surface area contributed by atoms with Gasteiger partial charge in [0.1, 0.15) is 5.75 Å². The lowest BCUT2D eigenvalue weighted by Gasteiger charge is -2.06. The molecule has 1 N–H and O–H groups in total. The number of unbranched alkanes of at least 4 members (excludes halogenated alkanes) is 12. The summed E-state index contributed by atoms with van der Waals surface area (Å²) >= 11 is 0. The molecule has 0 aliphatic heterocycles. The van der Waals surface area contributed by atoms with Gasteiger partial charge >= 0.3 is 0 Å². The molecule has 0 aliphatic rings. The third-order valence-corrected chi connectivity index (χ3v) is 6.04. The van der Waals surface area contributed by atoms with Crippen molar-refractivity contribution in [2.75, 3.05) is 0 Å². The van der Waals surface area contributed by atoms with Gasteiger partial charge in [-0.2, -0.15) is 4.57 Å². The van der Waals surface area contributed by atoms with Gasteiger partial charge < -0.3 is 5.11 Å². The van der Waals surface area contributed by atoms with E-state index in [0.717, 1.165) is 18.4 Å². The van der Waals surface area contributed by atoms with E-state index in [2.05, 4.69) is 6.92 Å². The topological polar surface area (TPSA) is 41.2 Å². The van der Waals surface area contributed by atoms with Crippen LogP contribution < -0.4 is 4.57 Å². The number of hydrogen-bond acceptors (Lipinski definition) is 2. The Morgan fingerprint density at radius 1 is 0.774 bits per heavy atom. The summed E-state index contributed by atoms with van der Waals surface area (Å²) in [6, 6.07) is 11.2. The number of carbonyl (C=O) groups excluding carboxylic acids is 1. The number of nitrogens with zero attached hydrogens (tertiary/aromatic N) is 1. The minimum Gasteiger partial charge on any atom is -0.507 e. The van der Waals surface area contributed by atoms with Gasteiger partial charge in [0, 0.05) is 12.1 Å². The molecule has 1 aromatic heterocycles. The van der Waals surface area contributed by atoms with E-state index in [9.17, 15) is 9.90 Å². The number of benzene rings is 1. The van der Waals surface area contributed by atoms with Gasteiger partial charge in [-0.25, -0.2) is 0 Å². The first kappa shape index (κ1) is 25.1. The first-order valence-electron chi connectivity index (χ1n) is 12.5. The lowest BCUT2D eigenvalue weighted by molar-refractivity contribution is -0.683. The summed E-state index contributed by atoms with van der Waals surface area (Å²) in [5.74, 6) is 0.0370. The predicted molar refractivity (Wildman–Crippen MR) is 128 cm³/mol. The third-order valence-electron chi connectivity index (χ3n) is 6.04. The minimum absolute atomic E-state index is 0.0683. The van der Waals surface area contributed by atoms with Crippen LogP contribution in [0.4, 0.5) is 0 Å². The summed E-state index contributed by atoms with van der Waals surface area (Å²) < 4.78 is 1.82. The van der Waals surface area contributed by atoms with E-state index in [1.54, 1.807) is 12.1 Å². The van der Waals surface area contributed by atoms with Crippen LogP contribution in [0.3, 0.4) is 0 Å². The number of phenolic OH excluding ortho intramolecular Hbond substituents is 1. The maximum Gasteiger partial charge on any atom is 0.231 e. The van der Waals surface area contributed by atoms with Crippen molar-refractivity contribution in [1.29, 1.82) is 0 Å². The number of aromatic nitrogens is 1. The van der Waals surface area contributed by atoms with Crippen LogP contribution in [0.5, 0.6) is 5.75 Å². The fourth-order valence-corrected chi connectivity index (χ4v) is 4.11. The van der Waals surface area contributed by atoms with Crippen molar-refractivity contribution in [1.82, 2.24) is 0 Å². The minimum atomic E-state index is -0.0683. The number of rotatable bonds is 17. The number of carbonyl (C=O) groups is 1. The van der Waals surface area contributed by atoms with Crippen LogP contribution in [0.15, 0.2) is 48.8 Å². The Hall–Kier alpha value is -2.16. The Labute approximate surface area is 189 Å². The highest BCUT2D eigenvalue weighted by molar-refractivity contribution is 5.97. The zero-order valence-electron chi connectivity index (χ0n) is 19.5. The summed E-state index contributed by atoms with van der Waals surface area (Å²) in [6.45, 7) is 2.52. The smallest absolute Gasteiger partial charge is 0.231 e. The van der Waals surface area contributed by atoms with Crippen molar-refractivity contribution in [2.24, 2.45) is 0 Å². The number of aryl methyl sites for hydroxylation is 1. The number of hydrogen-bond donors (Lipinski definition) is 1. The van der Waals surface area contributed by atoms with Gasteiger partial charge in [0.15, 0.2) is 12.4 Å². The highest BCUT2D eigenvalue weighted by Gasteiger charge is 2.16. The van der Waals surface area contributed by atoms with Gasteiger partial charge in [-0.1, -0.05) is 96.1 Å². The van der Waals surface area contributed by atoms with Crippen LogP contribution in [0.25, 0.3) is 0 Å². The summed E-state index contributed by atoms with van der Waals surface area (Å²) in [6.07, 6.45) is 22.3. The Kier molecular flexibility index (Phi) is 12.6. The van der Waals surface area contributed by atoms with Gasteiger partial charge in [0.2, 0.25) is 12.3 Å². The standard InChI is InChI=1S/C28H41NO2/c1-2-3-4-5-6-7-8-9-10-11-12-13-15-18-25-19-20-26(27(30)23-25)28(31)24-29-21-16-14-17-22-29/h14,16-17,19-23H,2-13,15,18,24H2,1H3/p+1. The largest absolute Gasteiger partial charge is 0.507 e. The summed E-state index contributed by atoms with van der Waals surface area (Å²) in [7, 11) is 0. The molecule has 2 aromatic rings. The molecule has 0 spiro atoms. The molecule has 31 heavy (non-hydrogen) atoms. The average Bonchev–Trinajstić information content (AvgIpc) is 2.77. The van der Waals surface area contributed by atoms with Crippen LogP contribution in [-0.2, 0) is 13.0 Å². The molecule has 0 amide bonds. The monoisotopic (exact) mass is 424 g/mol. The van der Waals surface area contributed by atoms with E-state index in [-0.39, 0.29) is 18.1 Å². The molecular formula is C28H42NO2+. The number of ketones is 1. The summed E-state index contributed by atoms with van der Waals surface area (Å²) in [5.41, 5.74) is 1.52. The summed E-state index contributed by atoms with van der Waals surface area (Å²) in [5, 5.41) is 10.3. The predicted octanol–water partition coefficient (Wildman–Crippen LogP) is 7.20. The van der Waals surface area contributed by atoms with Crippen LogP contribution in [0.2, 0.25) is 0 Å². The number of phenols is 1. The van der Waals surface area contributed by atoms with Gasteiger partial charge in [-0.15, -0.1) is 0 Å². The lowest BCUT2D eigenvalue weighted by Crippen LogP contribution is -2.36. The maximum absolute atomic E-state index is 12.5. The highest BCUT2D eigenvalue weighted by Crippen LogP contribution is 2.21. The number of Topliss-reactive ketones (excluding diaryl/α,β-unsaturated/α-hetero) is 1. The van der Waals surface area contributed by atoms with Crippen LogP contribution in [0.1, 0.15) is 106 Å². The van der Waals surface area contributed by atoms with Crippen molar-refractivity contribution in [3.8, 4) is 5.75 Å². The Balaban J connectivity index is 1.55. The molecule has 170 valence electrons. The van der Waals surface area contributed by atoms with Crippen LogP contribution in [-0.4, -0.2) is 10.9 Å². The molecule has 2 rings (SSSR count). The Bertz CT molecular complexity index is 742. The molecule has 0 radical (unpaired) electrons. The number of aromatic hydroxyl groups is 1. The first-order valence-corrected chi connectivity index (χ1v) is 12.5. The zero-order valence-corrected chi connectivity index (χ0v) is 19.5. The molecule has 0 saturated carbocycles. The van der Waals surface area contributed by atoms with Crippen molar-refractivity contribution in [3.05, 3.63) is 59.9 Å². The second-order valence-electron chi connectivity index (χ2n) is 8.82. The maximum atomic E-state index is 12.5. The average molecular weight is 425 g/mol. The van der Waals surface area contributed by atoms with Crippen molar-refractivity contribution < 1.29 is 14.5 Å². The quantitative estimate of drug-likeness (QED) is 0.166. The molecule has 0 unspecified atom stereocenters. The van der Waals surface area contributed by atoms with Crippen molar-refractivity contribution >= 4 is 5.78 Å². The van der Waals surface area contributed by atoms with E-state index in [0.29, 0.717) is 5.56 Å². The first-order chi connectivity index (χ1) is 15.2. The van der Waals surface area contributed by atoms with Gasteiger partial charge in [0.05, 0.1) is 5.56 Å². The molecule has 1 aromatic carbocycles. The molecule has 0 fully saturated rings. The van der Waals surface area contributed by atoms with Gasteiger partial charge in [-0.3, -0.25) is 4.79 Å². The Morgan fingerprint density at radius 2 is 1.32 bits per heavy atom. The van der Waals surface area contributed by atoms with Gasteiger partial charge in [-0.05, 0) is 30.5 Å².